The zero-order valence-corrected chi connectivity index (χ0v) is 17.1. The van der Waals surface area contributed by atoms with Crippen LogP contribution >= 0.6 is 34.2 Å². The van der Waals surface area contributed by atoms with Gasteiger partial charge in [-0.3, -0.25) is 4.79 Å². The van der Waals surface area contributed by atoms with Gasteiger partial charge in [0.05, 0.1) is 3.92 Å². The van der Waals surface area contributed by atoms with Gasteiger partial charge in [-0.25, -0.2) is 6.08 Å². The van der Waals surface area contributed by atoms with Gasteiger partial charge < -0.3 is 9.64 Å². The van der Waals surface area contributed by atoms with Crippen LogP contribution in [-0.4, -0.2) is 28.4 Å². The molecule has 1 aromatic carbocycles. The van der Waals surface area contributed by atoms with Gasteiger partial charge in [0.15, 0.2) is 0 Å². The summed E-state index contributed by atoms with van der Waals surface area (Å²) in [5.74, 6) is 3.06. The molecule has 0 fully saturated rings. The summed E-state index contributed by atoms with van der Waals surface area (Å²) in [4.78, 5) is 13.6. The van der Waals surface area contributed by atoms with Crippen molar-refractivity contribution in [2.45, 2.75) is 10.3 Å². The van der Waals surface area contributed by atoms with Crippen LogP contribution in [0.3, 0.4) is 0 Å². The summed E-state index contributed by atoms with van der Waals surface area (Å²) < 4.78 is 5.24. The van der Waals surface area contributed by atoms with Crippen LogP contribution in [0.4, 0.5) is 0 Å². The van der Waals surface area contributed by atoms with Crippen LogP contribution < -0.4 is 4.74 Å². The fourth-order valence-electron chi connectivity index (χ4n) is 1.89. The Balaban J connectivity index is 0.00000220. The van der Waals surface area contributed by atoms with Crippen molar-refractivity contribution in [1.29, 1.82) is 0 Å². The molecular weight excluding hydrogens is 477 g/mol. The number of hydrogen-bond acceptors (Lipinski definition) is 2. The number of hydrogen-bond donors (Lipinski definition) is 0. The van der Waals surface area contributed by atoms with Crippen molar-refractivity contribution in [2.24, 2.45) is 0 Å². The first kappa shape index (κ1) is 19.0. The first-order valence-corrected chi connectivity index (χ1v) is 7.55. The van der Waals surface area contributed by atoms with E-state index in [1.165, 1.54) is 0 Å². The molecule has 0 saturated heterocycles. The third kappa shape index (κ3) is 4.45. The second-order valence-corrected chi connectivity index (χ2v) is 6.14. The monoisotopic (exact) mass is 489 g/mol. The fourth-order valence-corrected chi connectivity index (χ4v) is 2.79. The number of carbonyl (C=O) groups excluding carboxylic acids is 1. The average Bonchev–Trinajstić information content (AvgIpc) is 2.44. The minimum Gasteiger partial charge on any atom is -0.481 e. The Kier molecular flexibility index (Phi) is 7.69. The van der Waals surface area contributed by atoms with E-state index in [2.05, 4.69) is 34.6 Å². The van der Waals surface area contributed by atoms with E-state index in [0.29, 0.717) is 22.9 Å². The molecule has 0 bridgehead atoms. The summed E-state index contributed by atoms with van der Waals surface area (Å²) in [5, 5.41) is 0.508. The molecular formula is C15H12ClINO2Y-. The third-order valence-electron chi connectivity index (χ3n) is 2.90. The fraction of sp³-hybridized carbons (Fsp3) is 0.267. The van der Waals surface area contributed by atoms with Crippen LogP contribution in [0.5, 0.6) is 5.75 Å². The van der Waals surface area contributed by atoms with E-state index < -0.39 is 0 Å². The second kappa shape index (κ2) is 8.52. The molecule has 0 aliphatic carbocycles. The number of benzene rings is 1. The zero-order valence-electron chi connectivity index (χ0n) is 11.4. The molecule has 2 rings (SSSR count). The molecule has 1 radical (unpaired) electrons. The molecule has 1 aliphatic rings. The molecule has 0 saturated carbocycles. The van der Waals surface area contributed by atoms with Crippen molar-refractivity contribution < 1.29 is 42.2 Å². The zero-order chi connectivity index (χ0) is 14.7. The quantitative estimate of drug-likeness (QED) is 0.283. The van der Waals surface area contributed by atoms with Crippen LogP contribution in [0.1, 0.15) is 12.0 Å². The Bertz CT molecular complexity index is 612. The third-order valence-corrected chi connectivity index (χ3v) is 4.19. The molecule has 107 valence electrons. The van der Waals surface area contributed by atoms with E-state index in [-0.39, 0.29) is 49.1 Å². The maximum absolute atomic E-state index is 12.0. The minimum absolute atomic E-state index is 0. The van der Waals surface area contributed by atoms with Gasteiger partial charge in [-0.2, -0.15) is 0 Å². The molecule has 6 heteroatoms. The SMILES string of the molecule is C#CCOc1ccc(C2=[C-]CC(I)C(=O)N2C)c(Cl)c1.[Y]. The van der Waals surface area contributed by atoms with E-state index in [4.69, 9.17) is 22.8 Å². The number of terminal acetylenes is 1. The average molecular weight is 490 g/mol. The molecule has 0 aromatic heterocycles. The smallest absolute Gasteiger partial charge is 0.235 e. The van der Waals surface area contributed by atoms with Crippen molar-refractivity contribution in [3.8, 4) is 18.1 Å². The molecule has 1 atom stereocenters. The van der Waals surface area contributed by atoms with Crippen molar-refractivity contribution in [2.75, 3.05) is 13.7 Å². The Morgan fingerprint density at radius 1 is 1.62 bits per heavy atom. The van der Waals surface area contributed by atoms with Gasteiger partial charge in [-0.15, -0.1) is 35.4 Å². The number of carbonyl (C=O) groups is 1. The second-order valence-electron chi connectivity index (χ2n) is 4.23. The maximum atomic E-state index is 12.0. The number of allylic oxidation sites excluding steroid dienone is 1. The largest absolute Gasteiger partial charge is 0.481 e. The summed E-state index contributed by atoms with van der Waals surface area (Å²) >= 11 is 8.38. The number of amides is 1. The number of halogens is 2. The summed E-state index contributed by atoms with van der Waals surface area (Å²) in [6, 6.07) is 5.28. The predicted octanol–water partition coefficient (Wildman–Crippen LogP) is 3.16. The van der Waals surface area contributed by atoms with E-state index in [0.717, 1.165) is 5.56 Å². The van der Waals surface area contributed by atoms with Gasteiger partial charge in [0, 0.05) is 39.8 Å². The van der Waals surface area contributed by atoms with E-state index in [9.17, 15) is 4.79 Å². The Morgan fingerprint density at radius 2 is 2.33 bits per heavy atom. The molecule has 1 aliphatic heterocycles. The molecule has 0 spiro atoms. The maximum Gasteiger partial charge on any atom is 0.235 e. The van der Waals surface area contributed by atoms with Crippen LogP contribution in [0.2, 0.25) is 5.02 Å². The van der Waals surface area contributed by atoms with E-state index >= 15 is 0 Å². The summed E-state index contributed by atoms with van der Waals surface area (Å²) in [5.41, 5.74) is 1.47. The standard InChI is InChI=1S/C15H12ClINO2.Y/c1-3-8-20-10-4-5-11(12(16)9-10)14-7-6-13(17)15(19)18(14)2;/h1,4-5,9,13H,6,8H2,2H3;/q-1;. The molecule has 1 aromatic rings. The van der Waals surface area contributed by atoms with Crippen molar-refractivity contribution in [3.63, 3.8) is 0 Å². The molecule has 3 nitrogen and oxygen atoms in total. The number of nitrogens with zero attached hydrogens (tertiary/aromatic N) is 1. The first-order valence-electron chi connectivity index (χ1n) is 5.93. The predicted molar refractivity (Wildman–Crippen MR) is 87.6 cm³/mol. The Hall–Kier alpha value is -0.0861. The molecule has 1 unspecified atom stereocenters. The van der Waals surface area contributed by atoms with Gasteiger partial charge in [-0.05, 0) is 17.2 Å². The van der Waals surface area contributed by atoms with Gasteiger partial charge in [0.25, 0.3) is 0 Å². The van der Waals surface area contributed by atoms with Gasteiger partial charge >= 0.3 is 0 Å². The van der Waals surface area contributed by atoms with Crippen molar-refractivity contribution in [1.82, 2.24) is 4.90 Å². The number of alkyl halides is 1. The van der Waals surface area contributed by atoms with Gasteiger partial charge in [0.2, 0.25) is 5.91 Å². The van der Waals surface area contributed by atoms with Crippen LogP contribution in [0, 0.1) is 18.4 Å². The van der Waals surface area contributed by atoms with Crippen LogP contribution in [0.15, 0.2) is 18.2 Å². The van der Waals surface area contributed by atoms with E-state index in [1.54, 1.807) is 24.1 Å². The van der Waals surface area contributed by atoms with Gasteiger partial charge in [-0.1, -0.05) is 34.9 Å². The van der Waals surface area contributed by atoms with Gasteiger partial charge in [0.1, 0.15) is 12.4 Å². The molecule has 1 amide bonds. The minimum atomic E-state index is -0.0710. The topological polar surface area (TPSA) is 29.5 Å². The Labute approximate surface area is 168 Å². The summed E-state index contributed by atoms with van der Waals surface area (Å²) in [7, 11) is 1.73. The molecule has 0 N–H and O–H groups in total. The molecule has 21 heavy (non-hydrogen) atoms. The number of ether oxygens (including phenoxy) is 1. The Morgan fingerprint density at radius 3 is 2.95 bits per heavy atom. The number of rotatable bonds is 3. The van der Waals surface area contributed by atoms with Crippen LogP contribution in [0.25, 0.3) is 5.70 Å². The van der Waals surface area contributed by atoms with Crippen molar-refractivity contribution in [3.05, 3.63) is 34.9 Å². The van der Waals surface area contributed by atoms with Crippen LogP contribution in [-0.2, 0) is 37.5 Å². The first-order chi connectivity index (χ1) is 9.54. The van der Waals surface area contributed by atoms with Crippen molar-refractivity contribution >= 4 is 45.8 Å². The summed E-state index contributed by atoms with van der Waals surface area (Å²) in [6.45, 7) is 0.194. The van der Waals surface area contributed by atoms with E-state index in [1.807, 2.05) is 6.07 Å². The molecule has 1 heterocycles. The normalized spacial score (nSPS) is 17.6. The summed E-state index contributed by atoms with van der Waals surface area (Å²) in [6.07, 6.45) is 8.95.